The third-order valence-corrected chi connectivity index (χ3v) is 1.97. The minimum Gasteiger partial charge on any atom is -0.400 e. The van der Waals surface area contributed by atoms with Crippen LogP contribution in [-0.2, 0) is 9.24 Å². The molecule has 0 atom stereocenters. The van der Waals surface area contributed by atoms with Gasteiger partial charge in [0.15, 0.2) is 0 Å². The van der Waals surface area contributed by atoms with Crippen LogP contribution in [0, 0.1) is 10.1 Å². The van der Waals surface area contributed by atoms with Gasteiger partial charge in [-0.3, -0.25) is 0 Å². The summed E-state index contributed by atoms with van der Waals surface area (Å²) in [4.78, 5) is 23.9. The van der Waals surface area contributed by atoms with E-state index in [-0.39, 0.29) is 0 Å². The largest absolute Gasteiger partial charge is 0.427 e. The fourth-order valence-corrected chi connectivity index (χ4v) is 1.25. The highest BCUT2D eigenvalue weighted by Gasteiger charge is 2.20. The predicted octanol–water partition coefficient (Wildman–Crippen LogP) is 0.562. The van der Waals surface area contributed by atoms with Crippen LogP contribution in [0.1, 0.15) is 0 Å². The monoisotopic (exact) mass is 281 g/mol. The number of nitrogens with one attached hydrogen (secondary N) is 1. The Morgan fingerprint density at radius 2 is 2.24 bits per heavy atom. The van der Waals surface area contributed by atoms with E-state index >= 15 is 0 Å². The number of aromatic nitrogens is 1. The molecule has 0 saturated heterocycles. The molecule has 1 heterocycles. The van der Waals surface area contributed by atoms with Crippen LogP contribution >= 0.6 is 10.7 Å². The van der Waals surface area contributed by atoms with Gasteiger partial charge in [0.25, 0.3) is 0 Å². The Bertz CT molecular complexity index is 559. The predicted molar refractivity (Wildman–Crippen MR) is 54.8 cm³/mol. The van der Waals surface area contributed by atoms with E-state index in [1.54, 1.807) is 0 Å². The molecule has 0 spiro atoms. The van der Waals surface area contributed by atoms with Crippen molar-refractivity contribution in [2.24, 2.45) is 0 Å². The number of nitro groups is 1. The van der Waals surface area contributed by atoms with E-state index in [4.69, 9.17) is 10.7 Å². The van der Waals surface area contributed by atoms with Gasteiger partial charge in [-0.2, -0.15) is 8.42 Å². The molecule has 0 saturated carbocycles. The third kappa shape index (κ3) is 4.20. The molecule has 17 heavy (non-hydrogen) atoms. The summed E-state index contributed by atoms with van der Waals surface area (Å²) in [5.41, 5.74) is 0. The van der Waals surface area contributed by atoms with E-state index < -0.39 is 31.8 Å². The Hall–Kier alpha value is -1.94. The van der Waals surface area contributed by atoms with Gasteiger partial charge in [-0.15, -0.1) is 0 Å². The second-order valence-electron chi connectivity index (χ2n) is 2.51. The van der Waals surface area contributed by atoms with Crippen LogP contribution < -0.4 is 9.46 Å². The number of pyridine rings is 1. The molecule has 0 aromatic carbocycles. The van der Waals surface area contributed by atoms with Crippen LogP contribution in [0.25, 0.3) is 0 Å². The lowest BCUT2D eigenvalue weighted by molar-refractivity contribution is -0.390. The summed E-state index contributed by atoms with van der Waals surface area (Å²) < 4.78 is 26.5. The van der Waals surface area contributed by atoms with Crippen molar-refractivity contribution in [1.82, 2.24) is 9.71 Å². The normalized spacial score (nSPS) is 10.6. The molecule has 0 fully saturated rings. The van der Waals surface area contributed by atoms with Crippen LogP contribution in [0.4, 0.5) is 10.6 Å². The molecule has 1 aromatic rings. The number of halogens is 1. The number of nitrogens with zero attached hydrogens (tertiary/aromatic N) is 2. The Labute approximate surface area is 99.1 Å². The van der Waals surface area contributed by atoms with Crippen molar-refractivity contribution in [3.63, 3.8) is 0 Å². The van der Waals surface area contributed by atoms with Crippen LogP contribution in [0.5, 0.6) is 5.75 Å². The summed E-state index contributed by atoms with van der Waals surface area (Å²) in [6, 6.07) is 2.34. The molecule has 0 aliphatic heterocycles. The molecule has 0 aliphatic carbocycles. The summed E-state index contributed by atoms with van der Waals surface area (Å²) in [5.74, 6) is -1.23. The van der Waals surface area contributed by atoms with Crippen molar-refractivity contribution >= 4 is 31.8 Å². The molecule has 1 N–H and O–H groups in total. The van der Waals surface area contributed by atoms with Crippen LogP contribution in [-0.4, -0.2) is 24.4 Å². The molecular weight excluding hydrogens is 278 g/mol. The van der Waals surface area contributed by atoms with Crippen molar-refractivity contribution < 1.29 is 22.9 Å². The van der Waals surface area contributed by atoms with E-state index in [2.05, 4.69) is 9.72 Å². The molecule has 92 valence electrons. The number of hydrogen-bond donors (Lipinski definition) is 1. The van der Waals surface area contributed by atoms with Gasteiger partial charge in [-0.05, 0) is 22.0 Å². The highest BCUT2D eigenvalue weighted by atomic mass is 35.7. The van der Waals surface area contributed by atoms with Crippen LogP contribution in [0.2, 0.25) is 0 Å². The quantitative estimate of drug-likeness (QED) is 0.487. The third-order valence-electron chi connectivity index (χ3n) is 1.33. The van der Waals surface area contributed by atoms with E-state index in [9.17, 15) is 23.3 Å². The average molecular weight is 282 g/mol. The van der Waals surface area contributed by atoms with Crippen molar-refractivity contribution in [3.8, 4) is 5.75 Å². The minimum atomic E-state index is -4.32. The SMILES string of the molecule is O=C(NS(=O)(=O)Cl)Oc1cccnc1[N+](=O)[O-]. The van der Waals surface area contributed by atoms with Gasteiger partial charge in [-0.25, -0.2) is 9.52 Å². The molecular formula is C6H4ClN3O6S. The zero-order chi connectivity index (χ0) is 13.1. The number of amides is 1. The maximum absolute atomic E-state index is 11.0. The average Bonchev–Trinajstić information content (AvgIpc) is 2.14. The molecule has 1 rings (SSSR count). The van der Waals surface area contributed by atoms with Gasteiger partial charge in [0, 0.05) is 10.7 Å². The molecule has 0 radical (unpaired) electrons. The lowest BCUT2D eigenvalue weighted by atomic mass is 10.4. The topological polar surface area (TPSA) is 128 Å². The summed E-state index contributed by atoms with van der Waals surface area (Å²) in [7, 11) is 0.388. The van der Waals surface area contributed by atoms with Gasteiger partial charge < -0.3 is 14.9 Å². The van der Waals surface area contributed by atoms with Gasteiger partial charge in [0.1, 0.15) is 6.20 Å². The Morgan fingerprint density at radius 1 is 1.59 bits per heavy atom. The van der Waals surface area contributed by atoms with Crippen molar-refractivity contribution in [1.29, 1.82) is 0 Å². The highest BCUT2D eigenvalue weighted by molar-refractivity contribution is 8.12. The summed E-state index contributed by atoms with van der Waals surface area (Å²) >= 11 is 0. The molecule has 0 unspecified atom stereocenters. The Balaban J connectivity index is 2.89. The molecule has 0 bridgehead atoms. The smallest absolute Gasteiger partial charge is 0.400 e. The lowest BCUT2D eigenvalue weighted by Crippen LogP contribution is -2.29. The van der Waals surface area contributed by atoms with Crippen LogP contribution in [0.15, 0.2) is 18.3 Å². The fraction of sp³-hybridized carbons (Fsp3) is 0. The lowest BCUT2D eigenvalue weighted by Gasteiger charge is -2.03. The standard InChI is InChI=1S/C6H4ClN3O6S/c7-17(14,15)9-6(11)16-4-2-1-3-8-5(4)10(12)13/h1-3H,(H,9,11). The first kappa shape index (κ1) is 13.1. The maximum atomic E-state index is 11.0. The fourth-order valence-electron chi connectivity index (χ4n) is 0.819. The number of carbonyl (C=O) groups excluding carboxylic acids is 1. The molecule has 9 nitrogen and oxygen atoms in total. The number of rotatable bonds is 3. The molecule has 1 amide bonds. The van der Waals surface area contributed by atoms with E-state index in [0.717, 1.165) is 12.3 Å². The second kappa shape index (κ2) is 4.93. The van der Waals surface area contributed by atoms with Gasteiger partial charge in [0.05, 0.1) is 0 Å². The maximum Gasteiger partial charge on any atom is 0.427 e. The second-order valence-corrected chi connectivity index (χ2v) is 4.81. The van der Waals surface area contributed by atoms with E-state index in [1.807, 2.05) is 0 Å². The Kier molecular flexibility index (Phi) is 3.81. The summed E-state index contributed by atoms with van der Waals surface area (Å²) in [6.07, 6.45) is -0.364. The van der Waals surface area contributed by atoms with Gasteiger partial charge in [0.2, 0.25) is 5.75 Å². The first-order valence-corrected chi connectivity index (χ1v) is 6.14. The van der Waals surface area contributed by atoms with Gasteiger partial charge >= 0.3 is 21.1 Å². The minimum absolute atomic E-state index is 0.504. The first-order chi connectivity index (χ1) is 7.79. The van der Waals surface area contributed by atoms with E-state index in [0.29, 0.717) is 0 Å². The zero-order valence-corrected chi connectivity index (χ0v) is 9.43. The number of carbonyl (C=O) groups is 1. The van der Waals surface area contributed by atoms with Crippen LogP contribution in [0.3, 0.4) is 0 Å². The highest BCUT2D eigenvalue weighted by Crippen LogP contribution is 2.22. The zero-order valence-electron chi connectivity index (χ0n) is 7.86. The van der Waals surface area contributed by atoms with Crippen molar-refractivity contribution in [2.75, 3.05) is 0 Å². The summed E-state index contributed by atoms with van der Waals surface area (Å²) in [6.45, 7) is 0. The number of ether oxygens (including phenoxy) is 1. The van der Waals surface area contributed by atoms with E-state index in [1.165, 1.54) is 10.8 Å². The Morgan fingerprint density at radius 3 is 2.76 bits per heavy atom. The molecule has 11 heteroatoms. The summed E-state index contributed by atoms with van der Waals surface area (Å²) in [5, 5.41) is 10.5. The van der Waals surface area contributed by atoms with Crippen molar-refractivity contribution in [3.05, 3.63) is 28.4 Å². The molecule has 1 aromatic heterocycles. The van der Waals surface area contributed by atoms with Crippen molar-refractivity contribution in [2.45, 2.75) is 0 Å². The van der Waals surface area contributed by atoms with Gasteiger partial charge in [-0.1, -0.05) is 0 Å². The first-order valence-electron chi connectivity index (χ1n) is 3.83. The molecule has 0 aliphatic rings. The number of hydrogen-bond acceptors (Lipinski definition) is 7.